The molecule has 24 heavy (non-hydrogen) atoms. The van der Waals surface area contributed by atoms with E-state index in [0.717, 1.165) is 6.33 Å². The number of nitrogens with two attached hydrogens (primary N) is 1. The Balaban J connectivity index is 2.29. The summed E-state index contributed by atoms with van der Waals surface area (Å²) in [7, 11) is 0. The fraction of sp³-hybridized carbons (Fsp3) is 0.250. The van der Waals surface area contributed by atoms with E-state index >= 15 is 0 Å². The van der Waals surface area contributed by atoms with Crippen molar-refractivity contribution in [2.24, 2.45) is 0 Å². The Morgan fingerprint density at radius 1 is 1.33 bits per heavy atom. The first-order valence-corrected chi connectivity index (χ1v) is 6.55. The average molecular weight is 335 g/mol. The molecule has 126 valence electrons. The number of aromatic nitrogens is 6. The van der Waals surface area contributed by atoms with Gasteiger partial charge in [0.1, 0.15) is 12.2 Å². The minimum atomic E-state index is -1.12. The summed E-state index contributed by atoms with van der Waals surface area (Å²) in [5.74, 6) is 4.51. The molecule has 0 aromatic carbocycles. The standard InChI is InChI=1S/C12H13N7O5/c1-6(2)8(20)24-4-3-7-14-5-15-9(16-7)18-10(21)17-11(22)19(13)12(18)23/h5H,1,3-4,13H2,2H3,(H,17,21,22). The fourth-order valence-corrected chi connectivity index (χ4v) is 1.57. The van der Waals surface area contributed by atoms with Crippen molar-refractivity contribution in [3.05, 3.63) is 55.8 Å². The number of H-pyrrole nitrogens is 1. The summed E-state index contributed by atoms with van der Waals surface area (Å²) in [5, 5.41) is 0. The van der Waals surface area contributed by atoms with Crippen LogP contribution in [0.15, 0.2) is 32.9 Å². The highest BCUT2D eigenvalue weighted by Gasteiger charge is 2.13. The van der Waals surface area contributed by atoms with Crippen molar-refractivity contribution in [2.45, 2.75) is 13.3 Å². The highest BCUT2D eigenvalue weighted by molar-refractivity contribution is 5.86. The van der Waals surface area contributed by atoms with Crippen molar-refractivity contribution in [3.63, 3.8) is 0 Å². The second-order valence-corrected chi connectivity index (χ2v) is 4.59. The van der Waals surface area contributed by atoms with E-state index in [-0.39, 0.29) is 35.0 Å². The van der Waals surface area contributed by atoms with E-state index < -0.39 is 23.0 Å². The Hall–Kier alpha value is -3.57. The van der Waals surface area contributed by atoms with E-state index in [1.807, 2.05) is 4.98 Å². The van der Waals surface area contributed by atoms with Gasteiger partial charge in [-0.3, -0.25) is 4.98 Å². The Morgan fingerprint density at radius 2 is 2.04 bits per heavy atom. The van der Waals surface area contributed by atoms with Crippen LogP contribution in [0.1, 0.15) is 12.7 Å². The lowest BCUT2D eigenvalue weighted by atomic mass is 10.3. The second-order valence-electron chi connectivity index (χ2n) is 4.59. The van der Waals surface area contributed by atoms with Gasteiger partial charge in [-0.2, -0.15) is 14.2 Å². The molecule has 12 heteroatoms. The number of carbonyl (C=O) groups excluding carboxylic acids is 1. The van der Waals surface area contributed by atoms with Gasteiger partial charge in [0.05, 0.1) is 6.61 Å². The number of nitrogens with one attached hydrogen (secondary N) is 1. The molecule has 0 saturated carbocycles. The van der Waals surface area contributed by atoms with Crippen molar-refractivity contribution < 1.29 is 9.53 Å². The average Bonchev–Trinajstić information content (AvgIpc) is 2.53. The van der Waals surface area contributed by atoms with E-state index in [0.29, 0.717) is 4.57 Å². The van der Waals surface area contributed by atoms with Crippen LogP contribution in [0.25, 0.3) is 5.95 Å². The molecule has 12 nitrogen and oxygen atoms in total. The van der Waals surface area contributed by atoms with E-state index in [1.165, 1.54) is 6.92 Å². The Labute approximate surface area is 133 Å². The summed E-state index contributed by atoms with van der Waals surface area (Å²) in [6.07, 6.45) is 1.18. The Kier molecular flexibility index (Phi) is 4.68. The number of hydrogen-bond donors (Lipinski definition) is 2. The predicted octanol–water partition coefficient (Wildman–Crippen LogP) is -2.75. The third-order valence-corrected chi connectivity index (χ3v) is 2.75. The minimum absolute atomic E-state index is 0.0310. The maximum Gasteiger partial charge on any atom is 0.362 e. The number of hydrogen-bond acceptors (Lipinski definition) is 9. The quantitative estimate of drug-likeness (QED) is 0.334. The molecular weight excluding hydrogens is 322 g/mol. The van der Waals surface area contributed by atoms with E-state index in [2.05, 4.69) is 21.5 Å². The Bertz CT molecular complexity index is 971. The zero-order chi connectivity index (χ0) is 17.9. The summed E-state index contributed by atoms with van der Waals surface area (Å²) < 4.78 is 5.58. The lowest BCUT2D eigenvalue weighted by Gasteiger charge is -2.06. The number of rotatable bonds is 5. The van der Waals surface area contributed by atoms with Gasteiger partial charge in [-0.05, 0) is 6.92 Å². The molecule has 0 saturated heterocycles. The molecule has 0 unspecified atom stereocenters. The van der Waals surface area contributed by atoms with Gasteiger partial charge < -0.3 is 10.6 Å². The number of carbonyl (C=O) groups is 1. The van der Waals surface area contributed by atoms with Gasteiger partial charge in [0.25, 0.3) is 0 Å². The van der Waals surface area contributed by atoms with Crippen LogP contribution < -0.4 is 22.9 Å². The van der Waals surface area contributed by atoms with Crippen LogP contribution in [-0.4, -0.2) is 41.8 Å². The summed E-state index contributed by atoms with van der Waals surface area (Å²) in [6.45, 7) is 4.91. The molecule has 0 spiro atoms. The zero-order valence-electron chi connectivity index (χ0n) is 12.6. The van der Waals surface area contributed by atoms with Crippen molar-refractivity contribution >= 4 is 5.97 Å². The van der Waals surface area contributed by atoms with Crippen molar-refractivity contribution in [2.75, 3.05) is 12.4 Å². The largest absolute Gasteiger partial charge is 0.462 e. The third-order valence-electron chi connectivity index (χ3n) is 2.75. The highest BCUT2D eigenvalue weighted by Crippen LogP contribution is 1.97. The van der Waals surface area contributed by atoms with E-state index in [9.17, 15) is 19.2 Å². The summed E-state index contributed by atoms with van der Waals surface area (Å²) in [4.78, 5) is 59.5. The normalized spacial score (nSPS) is 10.4. The lowest BCUT2D eigenvalue weighted by molar-refractivity contribution is -0.138. The highest BCUT2D eigenvalue weighted by atomic mass is 16.5. The first-order chi connectivity index (χ1) is 11.3. The number of nitrogen functional groups attached to an aromatic ring is 1. The van der Waals surface area contributed by atoms with Crippen LogP contribution in [0.2, 0.25) is 0 Å². The molecule has 0 amide bonds. The van der Waals surface area contributed by atoms with Crippen molar-refractivity contribution in [3.8, 4) is 5.95 Å². The van der Waals surface area contributed by atoms with Crippen LogP contribution in [0, 0.1) is 0 Å². The summed E-state index contributed by atoms with van der Waals surface area (Å²) in [6, 6.07) is 0. The van der Waals surface area contributed by atoms with Crippen LogP contribution in [0.3, 0.4) is 0 Å². The summed E-state index contributed by atoms with van der Waals surface area (Å²) in [5.41, 5.74) is -2.98. The van der Waals surface area contributed by atoms with Gasteiger partial charge in [-0.15, -0.1) is 0 Å². The Morgan fingerprint density at radius 3 is 2.71 bits per heavy atom. The van der Waals surface area contributed by atoms with Crippen LogP contribution in [-0.2, 0) is 16.0 Å². The molecule has 0 aliphatic carbocycles. The molecule has 0 fully saturated rings. The van der Waals surface area contributed by atoms with Crippen LogP contribution in [0.5, 0.6) is 0 Å². The lowest BCUT2D eigenvalue weighted by Crippen LogP contribution is -2.52. The molecule has 0 radical (unpaired) electrons. The molecule has 0 aliphatic rings. The number of esters is 1. The number of ether oxygens (including phenoxy) is 1. The topological polar surface area (TPSA) is 168 Å². The molecule has 2 heterocycles. The van der Waals surface area contributed by atoms with Gasteiger partial charge in [-0.1, -0.05) is 6.58 Å². The zero-order valence-corrected chi connectivity index (χ0v) is 12.6. The predicted molar refractivity (Wildman–Crippen MR) is 79.9 cm³/mol. The van der Waals surface area contributed by atoms with Crippen molar-refractivity contribution in [1.29, 1.82) is 0 Å². The molecule has 0 aliphatic heterocycles. The first-order valence-electron chi connectivity index (χ1n) is 6.55. The van der Waals surface area contributed by atoms with Gasteiger partial charge >= 0.3 is 23.0 Å². The molecule has 0 atom stereocenters. The van der Waals surface area contributed by atoms with E-state index in [1.54, 1.807) is 0 Å². The number of aromatic amines is 1. The maximum absolute atomic E-state index is 11.9. The van der Waals surface area contributed by atoms with E-state index in [4.69, 9.17) is 10.6 Å². The SMILES string of the molecule is C=C(C)C(=O)OCCc1ncnc(-n2c(=O)[nH]c(=O)n(N)c2=O)n1. The third kappa shape index (κ3) is 3.43. The molecular formula is C12H13N7O5. The van der Waals surface area contributed by atoms with Gasteiger partial charge in [0.15, 0.2) is 0 Å². The molecule has 2 rings (SSSR count). The molecule has 3 N–H and O–H groups in total. The van der Waals surface area contributed by atoms with Gasteiger partial charge in [0.2, 0.25) is 5.95 Å². The molecule has 0 bridgehead atoms. The molecule has 2 aromatic rings. The van der Waals surface area contributed by atoms with Gasteiger partial charge in [0, 0.05) is 12.0 Å². The number of nitrogens with zero attached hydrogens (tertiary/aromatic N) is 5. The second kappa shape index (κ2) is 6.68. The smallest absolute Gasteiger partial charge is 0.362 e. The fourth-order valence-electron chi connectivity index (χ4n) is 1.57. The van der Waals surface area contributed by atoms with Gasteiger partial charge in [-0.25, -0.2) is 29.1 Å². The van der Waals surface area contributed by atoms with Crippen LogP contribution in [0.4, 0.5) is 0 Å². The minimum Gasteiger partial charge on any atom is -0.462 e. The summed E-state index contributed by atoms with van der Waals surface area (Å²) >= 11 is 0. The maximum atomic E-state index is 11.9. The first kappa shape index (κ1) is 16.8. The monoisotopic (exact) mass is 335 g/mol. The molecule has 2 aromatic heterocycles. The van der Waals surface area contributed by atoms with Crippen LogP contribution >= 0.6 is 0 Å². The van der Waals surface area contributed by atoms with Crippen molar-refractivity contribution in [1.82, 2.24) is 29.2 Å².